The van der Waals surface area contributed by atoms with Crippen LogP contribution in [0.1, 0.15) is 31.7 Å². The van der Waals surface area contributed by atoms with E-state index in [1.807, 2.05) is 0 Å². The van der Waals surface area contributed by atoms with Crippen molar-refractivity contribution in [3.05, 3.63) is 47.9 Å². The van der Waals surface area contributed by atoms with Crippen LogP contribution >= 0.6 is 0 Å². The maximum absolute atomic E-state index is 13.1. The van der Waals surface area contributed by atoms with Gasteiger partial charge in [-0.3, -0.25) is 4.98 Å². The van der Waals surface area contributed by atoms with Crippen LogP contribution in [0.4, 0.5) is 43.9 Å². The molecule has 0 aromatic carbocycles. The van der Waals surface area contributed by atoms with Crippen LogP contribution in [-0.2, 0) is 12.4 Å². The van der Waals surface area contributed by atoms with E-state index in [1.165, 1.54) is 19.1 Å². The topological polar surface area (TPSA) is 109 Å². The predicted molar refractivity (Wildman–Crippen MR) is 110 cm³/mol. The number of hydrogen-bond acceptors (Lipinski definition) is 8. The molecule has 0 fully saturated rings. The van der Waals surface area contributed by atoms with Crippen molar-refractivity contribution in [2.24, 2.45) is 0 Å². The van der Waals surface area contributed by atoms with E-state index in [9.17, 15) is 31.4 Å². The summed E-state index contributed by atoms with van der Waals surface area (Å²) in [5, 5.41) is 15.3. The van der Waals surface area contributed by atoms with Gasteiger partial charge in [0.05, 0.1) is 12.1 Å². The molecule has 0 aliphatic heterocycles. The monoisotopic (exact) mass is 487 g/mol. The van der Waals surface area contributed by atoms with Gasteiger partial charge in [-0.05, 0) is 37.6 Å². The van der Waals surface area contributed by atoms with Gasteiger partial charge in [0.2, 0.25) is 11.9 Å². The second-order valence-corrected chi connectivity index (χ2v) is 7.16. The first-order chi connectivity index (χ1) is 15.9. The zero-order chi connectivity index (χ0) is 25.1. The third-order valence-corrected chi connectivity index (χ3v) is 4.55. The number of nitrogens with one attached hydrogen (secondary N) is 2. The van der Waals surface area contributed by atoms with Crippen molar-refractivity contribution in [2.45, 2.75) is 44.8 Å². The summed E-state index contributed by atoms with van der Waals surface area (Å²) in [6, 6.07) is 4.59. The van der Waals surface area contributed by atoms with Gasteiger partial charge in [0, 0.05) is 11.9 Å². The Bertz CT molecular complexity index is 1140. The molecule has 3 N–H and O–H groups in total. The second-order valence-electron chi connectivity index (χ2n) is 7.16. The highest BCUT2D eigenvalue weighted by Crippen LogP contribution is 2.31. The molecule has 3 heterocycles. The van der Waals surface area contributed by atoms with Crippen LogP contribution in [0.2, 0.25) is 0 Å². The summed E-state index contributed by atoms with van der Waals surface area (Å²) in [7, 11) is 0. The molecule has 0 amide bonds. The molecule has 0 aliphatic carbocycles. The zero-order valence-electron chi connectivity index (χ0n) is 17.8. The van der Waals surface area contributed by atoms with E-state index in [0.29, 0.717) is 6.42 Å². The number of aliphatic hydroxyl groups is 1. The van der Waals surface area contributed by atoms with Crippen LogP contribution in [-0.4, -0.2) is 42.2 Å². The van der Waals surface area contributed by atoms with Gasteiger partial charge in [-0.15, -0.1) is 0 Å². The van der Waals surface area contributed by atoms with Crippen LogP contribution < -0.4 is 10.6 Å². The fourth-order valence-corrected chi connectivity index (χ4v) is 2.85. The number of nitrogens with zero attached hydrogens (tertiary/aromatic N) is 5. The number of rotatable bonds is 7. The van der Waals surface area contributed by atoms with Crippen LogP contribution in [0.25, 0.3) is 11.5 Å². The minimum absolute atomic E-state index is 0.0648. The van der Waals surface area contributed by atoms with Crippen LogP contribution in [0.15, 0.2) is 36.5 Å². The quantitative estimate of drug-likeness (QED) is 0.413. The molecule has 14 heteroatoms. The summed E-state index contributed by atoms with van der Waals surface area (Å²) < 4.78 is 78.3. The molecular weight excluding hydrogens is 468 g/mol. The van der Waals surface area contributed by atoms with Gasteiger partial charge < -0.3 is 15.7 Å². The summed E-state index contributed by atoms with van der Waals surface area (Å²) in [5.41, 5.74) is -2.64. The van der Waals surface area contributed by atoms with Crippen molar-refractivity contribution < 1.29 is 31.4 Å². The lowest BCUT2D eigenvalue weighted by Gasteiger charge is -2.20. The molecule has 0 saturated carbocycles. The lowest BCUT2D eigenvalue weighted by atomic mass is 10.1. The predicted octanol–water partition coefficient (Wildman–Crippen LogP) is 4.68. The van der Waals surface area contributed by atoms with E-state index in [-0.39, 0.29) is 29.1 Å². The molecule has 34 heavy (non-hydrogen) atoms. The van der Waals surface area contributed by atoms with E-state index in [1.54, 1.807) is 6.92 Å². The summed E-state index contributed by atoms with van der Waals surface area (Å²) in [6.07, 6.45) is -8.86. The van der Waals surface area contributed by atoms with Crippen molar-refractivity contribution in [1.29, 1.82) is 0 Å². The molecule has 8 nitrogen and oxygen atoms in total. The Labute approximate surface area is 189 Å². The van der Waals surface area contributed by atoms with Gasteiger partial charge in [-0.2, -0.15) is 41.3 Å². The molecular formula is C20H19F6N7O. The normalized spacial score (nSPS) is 13.9. The molecule has 2 unspecified atom stereocenters. The zero-order valence-corrected chi connectivity index (χ0v) is 17.8. The van der Waals surface area contributed by atoms with E-state index < -0.39 is 35.9 Å². The SMILES string of the molecule is CCC(Nc1nc(Nc2ccnc(C(F)(F)F)c2)nc(-c2cccc(C(F)(F)F)n2)n1)C(C)O. The van der Waals surface area contributed by atoms with E-state index in [4.69, 9.17) is 0 Å². The van der Waals surface area contributed by atoms with Crippen molar-refractivity contribution in [3.8, 4) is 11.5 Å². The van der Waals surface area contributed by atoms with Crippen molar-refractivity contribution in [1.82, 2.24) is 24.9 Å². The molecule has 182 valence electrons. The van der Waals surface area contributed by atoms with E-state index >= 15 is 0 Å². The van der Waals surface area contributed by atoms with Gasteiger partial charge in [-0.1, -0.05) is 13.0 Å². The Morgan fingerprint density at radius 1 is 0.912 bits per heavy atom. The number of anilines is 3. The van der Waals surface area contributed by atoms with Crippen LogP contribution in [0.5, 0.6) is 0 Å². The van der Waals surface area contributed by atoms with Crippen molar-refractivity contribution in [3.63, 3.8) is 0 Å². The molecule has 0 radical (unpaired) electrons. The molecule has 3 aromatic heterocycles. The fourth-order valence-electron chi connectivity index (χ4n) is 2.85. The van der Waals surface area contributed by atoms with E-state index in [0.717, 1.165) is 24.4 Å². The minimum Gasteiger partial charge on any atom is -0.391 e. The van der Waals surface area contributed by atoms with Crippen LogP contribution in [0, 0.1) is 0 Å². The maximum Gasteiger partial charge on any atom is 0.433 e. The molecule has 3 rings (SSSR count). The first-order valence-electron chi connectivity index (χ1n) is 9.92. The average Bonchev–Trinajstić information content (AvgIpc) is 2.76. The van der Waals surface area contributed by atoms with Gasteiger partial charge in [-0.25, -0.2) is 4.98 Å². The summed E-state index contributed by atoms with van der Waals surface area (Å²) in [4.78, 5) is 19.0. The average molecular weight is 487 g/mol. The van der Waals surface area contributed by atoms with Gasteiger partial charge >= 0.3 is 12.4 Å². The van der Waals surface area contributed by atoms with Gasteiger partial charge in [0.25, 0.3) is 0 Å². The summed E-state index contributed by atoms with van der Waals surface area (Å²) >= 11 is 0. The number of aliphatic hydroxyl groups excluding tert-OH is 1. The molecule has 0 spiro atoms. The largest absolute Gasteiger partial charge is 0.433 e. The number of pyridine rings is 2. The lowest BCUT2D eigenvalue weighted by Crippen LogP contribution is -2.31. The summed E-state index contributed by atoms with van der Waals surface area (Å²) in [5.74, 6) is -0.646. The van der Waals surface area contributed by atoms with Crippen molar-refractivity contribution in [2.75, 3.05) is 10.6 Å². The fraction of sp³-hybridized carbons (Fsp3) is 0.350. The minimum atomic E-state index is -4.71. The first-order valence-corrected chi connectivity index (χ1v) is 9.92. The Kier molecular flexibility index (Phi) is 7.19. The van der Waals surface area contributed by atoms with Gasteiger partial charge in [0.1, 0.15) is 17.1 Å². The maximum atomic E-state index is 13.1. The van der Waals surface area contributed by atoms with Crippen molar-refractivity contribution >= 4 is 17.6 Å². The second kappa shape index (κ2) is 9.75. The Balaban J connectivity index is 2.05. The third kappa shape index (κ3) is 6.27. The number of halogens is 6. The number of hydrogen-bond donors (Lipinski definition) is 3. The molecule has 0 bridgehead atoms. The number of alkyl halides is 6. The molecule has 0 aliphatic rings. The highest BCUT2D eigenvalue weighted by molar-refractivity contribution is 5.59. The standard InChI is InChI=1S/C20H19F6N7O/c1-3-12(10(2)34)30-18-32-16(13-5-4-6-14(29-13)19(21,22)23)31-17(33-18)28-11-7-8-27-15(9-11)20(24,25)26/h4-10,12,34H,3H2,1-2H3,(H2,27,28,30,31,32,33). The Hall–Kier alpha value is -3.55. The molecule has 2 atom stereocenters. The molecule has 0 saturated heterocycles. The Morgan fingerprint density at radius 3 is 2.21 bits per heavy atom. The lowest BCUT2D eigenvalue weighted by molar-refractivity contribution is -0.141. The van der Waals surface area contributed by atoms with E-state index in [2.05, 4.69) is 35.6 Å². The first kappa shape index (κ1) is 25.1. The van der Waals surface area contributed by atoms with Crippen LogP contribution in [0.3, 0.4) is 0 Å². The highest BCUT2D eigenvalue weighted by atomic mass is 19.4. The number of aromatic nitrogens is 5. The van der Waals surface area contributed by atoms with Gasteiger partial charge in [0.15, 0.2) is 5.82 Å². The highest BCUT2D eigenvalue weighted by Gasteiger charge is 2.33. The summed E-state index contributed by atoms with van der Waals surface area (Å²) in [6.45, 7) is 3.29. The molecule has 3 aromatic rings. The smallest absolute Gasteiger partial charge is 0.391 e. The third-order valence-electron chi connectivity index (χ3n) is 4.55. The Morgan fingerprint density at radius 2 is 1.59 bits per heavy atom.